The Balaban J connectivity index is 1.86. The average molecular weight is 292 g/mol. The van der Waals surface area contributed by atoms with Crippen LogP contribution in [0.2, 0.25) is 0 Å². The fourth-order valence-electron chi connectivity index (χ4n) is 3.04. The van der Waals surface area contributed by atoms with Gasteiger partial charge in [-0.2, -0.15) is 5.26 Å². The number of hydrogen-bond acceptors (Lipinski definition) is 3. The Bertz CT molecular complexity index is 786. The first-order valence-electron chi connectivity index (χ1n) is 7.30. The number of ketones is 1. The van der Waals surface area contributed by atoms with Gasteiger partial charge in [-0.15, -0.1) is 0 Å². The molecule has 1 aliphatic carbocycles. The maximum atomic E-state index is 12.4. The van der Waals surface area contributed by atoms with Crippen molar-refractivity contribution in [1.29, 1.82) is 5.26 Å². The van der Waals surface area contributed by atoms with E-state index in [-0.39, 0.29) is 17.6 Å². The molecule has 0 saturated heterocycles. The van der Waals surface area contributed by atoms with Crippen molar-refractivity contribution in [2.45, 2.75) is 12.3 Å². The molecule has 0 spiro atoms. The van der Waals surface area contributed by atoms with Crippen LogP contribution in [0, 0.1) is 23.2 Å². The van der Waals surface area contributed by atoms with Crippen LogP contribution in [0.4, 0.5) is 0 Å². The zero-order chi connectivity index (χ0) is 15.7. The van der Waals surface area contributed by atoms with E-state index in [1.807, 2.05) is 48.5 Å². The summed E-state index contributed by atoms with van der Waals surface area (Å²) in [6, 6.07) is 15.9. The fraction of sp³-hybridized carbons (Fsp3) is 0.278. The Morgan fingerprint density at radius 1 is 1.23 bits per heavy atom. The number of benzene rings is 2. The third kappa shape index (κ3) is 2.35. The lowest BCUT2D eigenvalue weighted by Crippen LogP contribution is -2.33. The summed E-state index contributed by atoms with van der Waals surface area (Å²) in [6.45, 7) is 0. The number of Topliss-reactive ketones (excluding diaryl/α,β-unsaturated/α-hetero) is 1. The molecule has 3 rings (SSSR count). The normalized spacial score (nSPS) is 20.9. The van der Waals surface area contributed by atoms with Gasteiger partial charge in [0.05, 0.1) is 6.07 Å². The summed E-state index contributed by atoms with van der Waals surface area (Å²) in [5, 5.41) is 13.7. The van der Waals surface area contributed by atoms with Crippen LogP contribution in [0.1, 0.15) is 17.9 Å². The van der Waals surface area contributed by atoms with Crippen LogP contribution in [0.25, 0.3) is 10.8 Å². The Hall–Kier alpha value is -2.67. The second kappa shape index (κ2) is 5.61. The van der Waals surface area contributed by atoms with Crippen LogP contribution in [-0.2, 0) is 9.59 Å². The lowest BCUT2D eigenvalue weighted by Gasteiger charge is -2.08. The SMILES string of the molecule is CNC(=O)[C@H](C#N)C(=O)[C@@H]1C[C@H]1c1cccc2ccccc12. The van der Waals surface area contributed by atoms with E-state index in [0.29, 0.717) is 6.42 Å². The van der Waals surface area contributed by atoms with Crippen molar-refractivity contribution in [3.63, 3.8) is 0 Å². The van der Waals surface area contributed by atoms with Crippen molar-refractivity contribution in [2.75, 3.05) is 7.05 Å². The number of hydrogen-bond donors (Lipinski definition) is 1. The van der Waals surface area contributed by atoms with E-state index in [0.717, 1.165) is 16.3 Å². The molecule has 0 unspecified atom stereocenters. The summed E-state index contributed by atoms with van der Waals surface area (Å²) in [4.78, 5) is 24.0. The average Bonchev–Trinajstić information content (AvgIpc) is 3.35. The van der Waals surface area contributed by atoms with Crippen LogP contribution in [0.15, 0.2) is 42.5 Å². The first kappa shape index (κ1) is 14.3. The lowest BCUT2D eigenvalue weighted by molar-refractivity contribution is -0.132. The molecular weight excluding hydrogens is 276 g/mol. The summed E-state index contributed by atoms with van der Waals surface area (Å²) in [6.07, 6.45) is 0.710. The van der Waals surface area contributed by atoms with Crippen LogP contribution in [0.5, 0.6) is 0 Å². The first-order chi connectivity index (χ1) is 10.7. The predicted octanol–water partition coefficient (Wildman–Crippen LogP) is 2.40. The second-order valence-corrected chi connectivity index (χ2v) is 5.60. The van der Waals surface area contributed by atoms with Crippen molar-refractivity contribution < 1.29 is 9.59 Å². The van der Waals surface area contributed by atoms with Crippen molar-refractivity contribution in [1.82, 2.24) is 5.32 Å². The number of rotatable bonds is 4. The number of fused-ring (bicyclic) bond motifs is 1. The smallest absolute Gasteiger partial charge is 0.244 e. The molecule has 1 amide bonds. The molecule has 0 radical (unpaired) electrons. The zero-order valence-corrected chi connectivity index (χ0v) is 12.2. The summed E-state index contributed by atoms with van der Waals surface area (Å²) >= 11 is 0. The molecule has 1 fully saturated rings. The van der Waals surface area contributed by atoms with Gasteiger partial charge in [0.1, 0.15) is 0 Å². The quantitative estimate of drug-likeness (QED) is 0.880. The molecular formula is C18H16N2O2. The van der Waals surface area contributed by atoms with Gasteiger partial charge in [-0.3, -0.25) is 9.59 Å². The number of carbonyl (C=O) groups excluding carboxylic acids is 2. The third-order valence-corrected chi connectivity index (χ3v) is 4.30. The highest BCUT2D eigenvalue weighted by atomic mass is 16.2. The number of carbonyl (C=O) groups is 2. The maximum absolute atomic E-state index is 12.4. The largest absolute Gasteiger partial charge is 0.358 e. The van der Waals surface area contributed by atoms with Crippen molar-refractivity contribution in [2.24, 2.45) is 11.8 Å². The van der Waals surface area contributed by atoms with Crippen LogP contribution >= 0.6 is 0 Å². The van der Waals surface area contributed by atoms with Gasteiger partial charge in [0.25, 0.3) is 0 Å². The number of nitrogens with one attached hydrogen (secondary N) is 1. The van der Waals surface area contributed by atoms with Gasteiger partial charge >= 0.3 is 0 Å². The Kier molecular flexibility index (Phi) is 3.64. The minimum atomic E-state index is -1.20. The Morgan fingerprint density at radius 2 is 1.95 bits per heavy atom. The molecule has 0 heterocycles. The van der Waals surface area contributed by atoms with Gasteiger partial charge < -0.3 is 5.32 Å². The molecule has 4 heteroatoms. The van der Waals surface area contributed by atoms with E-state index < -0.39 is 11.8 Å². The maximum Gasteiger partial charge on any atom is 0.244 e. The van der Waals surface area contributed by atoms with Gasteiger partial charge in [0.15, 0.2) is 11.7 Å². The van der Waals surface area contributed by atoms with E-state index in [1.54, 1.807) is 0 Å². The summed E-state index contributed by atoms with van der Waals surface area (Å²) in [7, 11) is 1.44. The Morgan fingerprint density at radius 3 is 2.68 bits per heavy atom. The third-order valence-electron chi connectivity index (χ3n) is 4.30. The lowest BCUT2D eigenvalue weighted by atomic mass is 9.95. The molecule has 2 aromatic carbocycles. The second-order valence-electron chi connectivity index (χ2n) is 5.60. The molecule has 3 atom stereocenters. The molecule has 110 valence electrons. The van der Waals surface area contributed by atoms with E-state index >= 15 is 0 Å². The fourth-order valence-corrected chi connectivity index (χ4v) is 3.04. The summed E-state index contributed by atoms with van der Waals surface area (Å²) < 4.78 is 0. The topological polar surface area (TPSA) is 70.0 Å². The highest BCUT2D eigenvalue weighted by Crippen LogP contribution is 2.50. The zero-order valence-electron chi connectivity index (χ0n) is 12.2. The van der Waals surface area contributed by atoms with Crippen molar-refractivity contribution >= 4 is 22.5 Å². The standard InChI is InChI=1S/C18H16N2O2/c1-20-18(22)16(10-19)17(21)15-9-14(15)13-8-4-6-11-5-2-3-7-12(11)13/h2-8,14-16H,9H2,1H3,(H,20,22)/t14-,15+,16+/m0/s1. The van der Waals surface area contributed by atoms with E-state index in [1.165, 1.54) is 7.05 Å². The van der Waals surface area contributed by atoms with Gasteiger partial charge in [-0.05, 0) is 28.7 Å². The number of amides is 1. The molecule has 4 nitrogen and oxygen atoms in total. The van der Waals surface area contributed by atoms with Crippen LogP contribution in [-0.4, -0.2) is 18.7 Å². The highest BCUT2D eigenvalue weighted by molar-refractivity contribution is 6.06. The van der Waals surface area contributed by atoms with E-state index in [4.69, 9.17) is 5.26 Å². The predicted molar refractivity (Wildman–Crippen MR) is 83.0 cm³/mol. The van der Waals surface area contributed by atoms with E-state index in [9.17, 15) is 9.59 Å². The highest BCUT2D eigenvalue weighted by Gasteiger charge is 2.48. The summed E-state index contributed by atoms with van der Waals surface area (Å²) in [5.74, 6) is -2.10. The molecule has 0 bridgehead atoms. The molecule has 1 saturated carbocycles. The van der Waals surface area contributed by atoms with Crippen molar-refractivity contribution in [3.8, 4) is 6.07 Å². The monoisotopic (exact) mass is 292 g/mol. The van der Waals surface area contributed by atoms with Crippen molar-refractivity contribution in [3.05, 3.63) is 48.0 Å². The molecule has 1 N–H and O–H groups in total. The van der Waals surface area contributed by atoms with Gasteiger partial charge in [-0.1, -0.05) is 42.5 Å². The first-order valence-corrected chi connectivity index (χ1v) is 7.30. The van der Waals surface area contributed by atoms with Gasteiger partial charge in [0, 0.05) is 13.0 Å². The van der Waals surface area contributed by atoms with Gasteiger partial charge in [0.2, 0.25) is 5.91 Å². The molecule has 1 aliphatic rings. The molecule has 0 aromatic heterocycles. The van der Waals surface area contributed by atoms with Gasteiger partial charge in [-0.25, -0.2) is 0 Å². The minimum Gasteiger partial charge on any atom is -0.358 e. The molecule has 2 aromatic rings. The van der Waals surface area contributed by atoms with Crippen LogP contribution < -0.4 is 5.32 Å². The number of nitrogens with zero attached hydrogens (tertiary/aromatic N) is 1. The molecule has 0 aliphatic heterocycles. The van der Waals surface area contributed by atoms with E-state index in [2.05, 4.69) is 5.32 Å². The summed E-state index contributed by atoms with van der Waals surface area (Å²) in [5.41, 5.74) is 1.13. The number of nitriles is 1. The Labute approximate surface area is 128 Å². The van der Waals surface area contributed by atoms with Crippen LogP contribution in [0.3, 0.4) is 0 Å². The molecule has 22 heavy (non-hydrogen) atoms. The minimum absolute atomic E-state index is 0.110.